The van der Waals surface area contributed by atoms with Crippen LogP contribution in [0.15, 0.2) is 12.4 Å². The van der Waals surface area contributed by atoms with E-state index in [0.717, 1.165) is 31.9 Å². The number of nitrogens with one attached hydrogen (secondary N) is 1. The summed E-state index contributed by atoms with van der Waals surface area (Å²) < 4.78 is 7.53. The van der Waals surface area contributed by atoms with Gasteiger partial charge in [-0.15, -0.1) is 0 Å². The van der Waals surface area contributed by atoms with E-state index in [9.17, 15) is 0 Å². The van der Waals surface area contributed by atoms with Crippen molar-refractivity contribution < 1.29 is 4.74 Å². The third-order valence-electron chi connectivity index (χ3n) is 3.30. The van der Waals surface area contributed by atoms with Crippen LogP contribution in [0, 0.1) is 5.92 Å². The van der Waals surface area contributed by atoms with Crippen molar-refractivity contribution in [2.75, 3.05) is 13.2 Å². The van der Waals surface area contributed by atoms with Crippen molar-refractivity contribution in [3.05, 3.63) is 18.2 Å². The van der Waals surface area contributed by atoms with Gasteiger partial charge in [0.15, 0.2) is 0 Å². The number of aromatic nitrogens is 2. The number of hydrazine groups is 1. The molecule has 0 amide bonds. The molecule has 16 heavy (non-hydrogen) atoms. The fraction of sp³-hybridized carbons (Fsp3) is 0.727. The highest BCUT2D eigenvalue weighted by molar-refractivity contribution is 4.96. The van der Waals surface area contributed by atoms with E-state index in [-0.39, 0.29) is 6.04 Å². The summed E-state index contributed by atoms with van der Waals surface area (Å²) in [6.07, 6.45) is 6.94. The number of aryl methyl sites for hydroxylation is 1. The van der Waals surface area contributed by atoms with Gasteiger partial charge in [-0.05, 0) is 18.8 Å². The molecule has 0 bridgehead atoms. The van der Waals surface area contributed by atoms with Crippen molar-refractivity contribution >= 4 is 0 Å². The molecule has 0 radical (unpaired) electrons. The van der Waals surface area contributed by atoms with Crippen molar-refractivity contribution in [3.63, 3.8) is 0 Å². The average molecular weight is 224 g/mol. The van der Waals surface area contributed by atoms with Gasteiger partial charge in [0.25, 0.3) is 0 Å². The second kappa shape index (κ2) is 5.43. The zero-order valence-corrected chi connectivity index (χ0v) is 9.72. The van der Waals surface area contributed by atoms with E-state index in [2.05, 4.69) is 10.4 Å². The van der Waals surface area contributed by atoms with Gasteiger partial charge in [-0.2, -0.15) is 0 Å². The van der Waals surface area contributed by atoms with Crippen molar-refractivity contribution in [1.82, 2.24) is 15.0 Å². The summed E-state index contributed by atoms with van der Waals surface area (Å²) in [5.41, 5.74) is 2.90. The number of rotatable bonds is 4. The first-order valence-electron chi connectivity index (χ1n) is 5.81. The molecule has 90 valence electrons. The van der Waals surface area contributed by atoms with Crippen molar-refractivity contribution in [2.24, 2.45) is 18.8 Å². The Labute approximate surface area is 96.0 Å². The van der Waals surface area contributed by atoms with Gasteiger partial charge in [-0.25, -0.2) is 4.98 Å². The van der Waals surface area contributed by atoms with Gasteiger partial charge in [0.1, 0.15) is 5.82 Å². The molecule has 3 N–H and O–H groups in total. The maximum absolute atomic E-state index is 5.63. The zero-order chi connectivity index (χ0) is 11.4. The summed E-state index contributed by atoms with van der Waals surface area (Å²) in [5.74, 6) is 7.19. The van der Waals surface area contributed by atoms with Gasteiger partial charge in [-0.1, -0.05) is 0 Å². The van der Waals surface area contributed by atoms with E-state index < -0.39 is 0 Å². The van der Waals surface area contributed by atoms with Gasteiger partial charge < -0.3 is 9.30 Å². The second-order valence-corrected chi connectivity index (χ2v) is 4.41. The molecule has 5 nitrogen and oxygen atoms in total. The highest BCUT2D eigenvalue weighted by atomic mass is 16.5. The van der Waals surface area contributed by atoms with Crippen molar-refractivity contribution in [2.45, 2.75) is 25.3 Å². The van der Waals surface area contributed by atoms with E-state index in [4.69, 9.17) is 10.6 Å². The van der Waals surface area contributed by atoms with Crippen LogP contribution in [0.25, 0.3) is 0 Å². The lowest BCUT2D eigenvalue weighted by Crippen LogP contribution is -2.45. The minimum atomic E-state index is 0.251. The zero-order valence-electron chi connectivity index (χ0n) is 9.72. The van der Waals surface area contributed by atoms with Crippen LogP contribution in [0.1, 0.15) is 18.7 Å². The Bertz CT molecular complexity index is 320. The average Bonchev–Trinajstić information content (AvgIpc) is 2.73. The largest absolute Gasteiger partial charge is 0.381 e. The fourth-order valence-corrected chi connectivity index (χ4v) is 2.23. The first-order chi connectivity index (χ1) is 7.81. The van der Waals surface area contributed by atoms with E-state index in [1.165, 1.54) is 6.42 Å². The summed E-state index contributed by atoms with van der Waals surface area (Å²) in [5, 5.41) is 0. The van der Waals surface area contributed by atoms with E-state index in [1.54, 1.807) is 0 Å². The van der Waals surface area contributed by atoms with Crippen LogP contribution in [-0.2, 0) is 18.2 Å². The van der Waals surface area contributed by atoms with Crippen LogP contribution in [0.5, 0.6) is 0 Å². The Morgan fingerprint density at radius 3 is 3.19 bits per heavy atom. The molecule has 5 heteroatoms. The summed E-state index contributed by atoms with van der Waals surface area (Å²) in [7, 11) is 2.01. The molecule has 1 aromatic heterocycles. The van der Waals surface area contributed by atoms with Crippen LogP contribution in [0.3, 0.4) is 0 Å². The SMILES string of the molecule is Cn1ccnc1CC(NN)C1CCCOC1. The predicted octanol–water partition coefficient (Wildman–Crippen LogP) is 0.221. The molecule has 2 unspecified atom stereocenters. The predicted molar refractivity (Wildman–Crippen MR) is 61.6 cm³/mol. The third kappa shape index (κ3) is 2.61. The van der Waals surface area contributed by atoms with E-state index >= 15 is 0 Å². The number of imidazole rings is 1. The summed E-state index contributed by atoms with van der Waals surface area (Å²) >= 11 is 0. The van der Waals surface area contributed by atoms with E-state index in [1.807, 2.05) is 24.0 Å². The lowest BCUT2D eigenvalue weighted by molar-refractivity contribution is 0.0389. The van der Waals surface area contributed by atoms with Crippen LogP contribution in [-0.4, -0.2) is 28.8 Å². The molecule has 1 fully saturated rings. The number of ether oxygens (including phenoxy) is 1. The monoisotopic (exact) mass is 224 g/mol. The summed E-state index contributed by atoms with van der Waals surface area (Å²) in [4.78, 5) is 4.32. The lowest BCUT2D eigenvalue weighted by Gasteiger charge is -2.29. The Morgan fingerprint density at radius 2 is 2.62 bits per heavy atom. The maximum atomic E-state index is 5.63. The second-order valence-electron chi connectivity index (χ2n) is 4.41. The number of nitrogens with zero attached hydrogens (tertiary/aromatic N) is 2. The summed E-state index contributed by atoms with van der Waals surface area (Å²) in [6, 6.07) is 0.251. The van der Waals surface area contributed by atoms with Crippen LogP contribution in [0.4, 0.5) is 0 Å². The Kier molecular flexibility index (Phi) is 3.93. The molecule has 1 saturated heterocycles. The fourth-order valence-electron chi connectivity index (χ4n) is 2.23. The minimum Gasteiger partial charge on any atom is -0.381 e. The number of hydrogen-bond donors (Lipinski definition) is 2. The van der Waals surface area contributed by atoms with Crippen LogP contribution >= 0.6 is 0 Å². The highest BCUT2D eigenvalue weighted by Gasteiger charge is 2.24. The van der Waals surface area contributed by atoms with Gasteiger partial charge in [0.2, 0.25) is 0 Å². The normalized spacial score (nSPS) is 23.2. The molecule has 1 aliphatic rings. The number of nitrogens with two attached hydrogens (primary N) is 1. The molecule has 0 aliphatic carbocycles. The lowest BCUT2D eigenvalue weighted by atomic mass is 9.92. The first kappa shape index (κ1) is 11.6. The summed E-state index contributed by atoms with van der Waals surface area (Å²) in [6.45, 7) is 1.69. The third-order valence-corrected chi connectivity index (χ3v) is 3.30. The Balaban J connectivity index is 1.97. The van der Waals surface area contributed by atoms with Crippen molar-refractivity contribution in [3.8, 4) is 0 Å². The molecule has 0 aromatic carbocycles. The molecule has 2 rings (SSSR count). The highest BCUT2D eigenvalue weighted by Crippen LogP contribution is 2.19. The Morgan fingerprint density at radius 1 is 1.75 bits per heavy atom. The molecule has 1 aliphatic heterocycles. The Hall–Kier alpha value is -0.910. The van der Waals surface area contributed by atoms with Gasteiger partial charge in [-0.3, -0.25) is 11.3 Å². The van der Waals surface area contributed by atoms with E-state index in [0.29, 0.717) is 5.92 Å². The maximum Gasteiger partial charge on any atom is 0.109 e. The smallest absolute Gasteiger partial charge is 0.109 e. The number of hydrogen-bond acceptors (Lipinski definition) is 4. The van der Waals surface area contributed by atoms with Gasteiger partial charge >= 0.3 is 0 Å². The first-order valence-corrected chi connectivity index (χ1v) is 5.81. The molecule has 0 saturated carbocycles. The molecule has 2 heterocycles. The standard InChI is InChI=1S/C11H20N4O/c1-15-5-4-13-11(15)7-10(14-12)9-3-2-6-16-8-9/h4-5,9-10,14H,2-3,6-8,12H2,1H3. The topological polar surface area (TPSA) is 65.1 Å². The van der Waals surface area contributed by atoms with Gasteiger partial charge in [0, 0.05) is 38.5 Å². The minimum absolute atomic E-state index is 0.251. The quantitative estimate of drug-likeness (QED) is 0.567. The van der Waals surface area contributed by atoms with Gasteiger partial charge in [0.05, 0.1) is 6.61 Å². The molecule has 2 atom stereocenters. The van der Waals surface area contributed by atoms with Crippen LogP contribution in [0.2, 0.25) is 0 Å². The molecular formula is C11H20N4O. The molecule has 1 aromatic rings. The van der Waals surface area contributed by atoms with Crippen LogP contribution < -0.4 is 11.3 Å². The molecule has 0 spiro atoms. The molecular weight excluding hydrogens is 204 g/mol. The van der Waals surface area contributed by atoms with Crippen molar-refractivity contribution in [1.29, 1.82) is 0 Å².